The predicted molar refractivity (Wildman–Crippen MR) is 100 cm³/mol. The predicted octanol–water partition coefficient (Wildman–Crippen LogP) is 5.51. The molecule has 8 heteroatoms. The summed E-state index contributed by atoms with van der Waals surface area (Å²) >= 11 is 0. The summed E-state index contributed by atoms with van der Waals surface area (Å²) in [6.07, 6.45) is -4.65. The second-order valence-corrected chi connectivity index (χ2v) is 6.10. The normalized spacial score (nSPS) is 11.1. The smallest absolute Gasteiger partial charge is 0.418 e. The number of benzene rings is 3. The molecule has 0 bridgehead atoms. The summed E-state index contributed by atoms with van der Waals surface area (Å²) in [5.41, 5.74) is -0.791. The lowest BCUT2D eigenvalue weighted by Gasteiger charge is -2.19. The first-order valence-electron chi connectivity index (χ1n) is 8.48. The minimum Gasteiger partial charge on any atom is -0.508 e. The average molecular weight is 403 g/mol. The molecular formula is C21H16F3NO4. The van der Waals surface area contributed by atoms with Crippen LogP contribution in [0, 0.1) is 0 Å². The number of hydrogen-bond donors (Lipinski definition) is 3. The van der Waals surface area contributed by atoms with Gasteiger partial charge in [-0.05, 0) is 42.0 Å². The quantitative estimate of drug-likeness (QED) is 0.506. The molecule has 0 spiro atoms. The van der Waals surface area contributed by atoms with Crippen molar-refractivity contribution in [2.45, 2.75) is 12.7 Å². The third-order valence-electron chi connectivity index (χ3n) is 4.07. The maximum absolute atomic E-state index is 13.5. The van der Waals surface area contributed by atoms with Crippen molar-refractivity contribution in [3.8, 4) is 17.2 Å². The van der Waals surface area contributed by atoms with Crippen LogP contribution in [0.25, 0.3) is 0 Å². The Balaban J connectivity index is 1.98. The number of rotatable bonds is 6. The number of halogens is 3. The first-order chi connectivity index (χ1) is 13.8. The summed E-state index contributed by atoms with van der Waals surface area (Å²) in [7, 11) is 0. The lowest BCUT2D eigenvalue weighted by atomic mass is 10.1. The molecule has 29 heavy (non-hydrogen) atoms. The molecule has 0 unspecified atom stereocenters. The highest BCUT2D eigenvalue weighted by atomic mass is 19.4. The van der Waals surface area contributed by atoms with Crippen LogP contribution < -0.4 is 10.1 Å². The first-order valence-corrected chi connectivity index (χ1v) is 8.48. The van der Waals surface area contributed by atoms with Crippen LogP contribution in [0.2, 0.25) is 0 Å². The van der Waals surface area contributed by atoms with E-state index >= 15 is 0 Å². The Hall–Kier alpha value is -3.68. The number of phenolic OH excluding ortho intramolecular Hbond substituents is 1. The fourth-order valence-corrected chi connectivity index (χ4v) is 2.69. The maximum atomic E-state index is 13.5. The summed E-state index contributed by atoms with van der Waals surface area (Å²) in [5.74, 6) is -1.45. The van der Waals surface area contributed by atoms with Gasteiger partial charge in [-0.2, -0.15) is 13.2 Å². The second kappa shape index (κ2) is 8.14. The van der Waals surface area contributed by atoms with E-state index in [4.69, 9.17) is 4.74 Å². The molecule has 0 aliphatic rings. The number of ether oxygens (including phenoxy) is 1. The Bertz CT molecular complexity index is 1020. The van der Waals surface area contributed by atoms with E-state index in [0.29, 0.717) is 5.56 Å². The molecule has 3 N–H and O–H groups in total. The molecule has 0 amide bonds. The Morgan fingerprint density at radius 2 is 1.59 bits per heavy atom. The zero-order valence-corrected chi connectivity index (χ0v) is 14.9. The number of carboxylic acids is 1. The van der Waals surface area contributed by atoms with Crippen molar-refractivity contribution in [2.75, 3.05) is 5.32 Å². The molecule has 3 aromatic carbocycles. The molecule has 0 radical (unpaired) electrons. The number of phenols is 1. The van der Waals surface area contributed by atoms with Gasteiger partial charge in [0, 0.05) is 6.54 Å². The lowest BCUT2D eigenvalue weighted by molar-refractivity contribution is -0.137. The molecule has 0 atom stereocenters. The van der Waals surface area contributed by atoms with Gasteiger partial charge in [0.1, 0.15) is 17.1 Å². The van der Waals surface area contributed by atoms with E-state index < -0.39 is 17.7 Å². The van der Waals surface area contributed by atoms with Gasteiger partial charge >= 0.3 is 12.1 Å². The Morgan fingerprint density at radius 3 is 2.24 bits per heavy atom. The number of aromatic hydroxyl groups is 1. The van der Waals surface area contributed by atoms with E-state index in [1.807, 2.05) is 0 Å². The largest absolute Gasteiger partial charge is 0.508 e. The molecular weight excluding hydrogens is 387 g/mol. The number of hydrogen-bond acceptors (Lipinski definition) is 4. The van der Waals surface area contributed by atoms with Gasteiger partial charge in [-0.15, -0.1) is 0 Å². The number of nitrogens with one attached hydrogen (secondary N) is 1. The van der Waals surface area contributed by atoms with Crippen LogP contribution in [0.5, 0.6) is 17.2 Å². The number of aromatic carboxylic acids is 1. The molecule has 0 saturated carbocycles. The Labute approximate surface area is 164 Å². The lowest BCUT2D eigenvalue weighted by Crippen LogP contribution is -2.12. The van der Waals surface area contributed by atoms with Crippen LogP contribution in [0.3, 0.4) is 0 Å². The van der Waals surface area contributed by atoms with Gasteiger partial charge in [0.25, 0.3) is 0 Å². The van der Waals surface area contributed by atoms with Crippen molar-refractivity contribution in [1.29, 1.82) is 0 Å². The number of para-hydroxylation sites is 2. The molecule has 5 nitrogen and oxygen atoms in total. The minimum absolute atomic E-state index is 0.0321. The summed E-state index contributed by atoms with van der Waals surface area (Å²) in [5, 5.41) is 21.3. The van der Waals surface area contributed by atoms with Gasteiger partial charge in [0.2, 0.25) is 0 Å². The van der Waals surface area contributed by atoms with Crippen LogP contribution in [0.15, 0.2) is 66.7 Å². The molecule has 0 heterocycles. The van der Waals surface area contributed by atoms with Crippen molar-refractivity contribution >= 4 is 11.7 Å². The molecule has 3 rings (SSSR count). The summed E-state index contributed by atoms with van der Waals surface area (Å²) in [6.45, 7) is 0.0321. The SMILES string of the molecule is O=C(O)c1ccccc1Oc1cccc(C(F)(F)F)c1NCc1ccc(O)cc1. The molecule has 0 aliphatic carbocycles. The fourth-order valence-electron chi connectivity index (χ4n) is 2.69. The zero-order valence-electron chi connectivity index (χ0n) is 14.9. The van der Waals surface area contributed by atoms with Crippen LogP contribution in [0.4, 0.5) is 18.9 Å². The summed E-state index contributed by atoms with van der Waals surface area (Å²) < 4.78 is 46.2. The Morgan fingerprint density at radius 1 is 0.931 bits per heavy atom. The maximum Gasteiger partial charge on any atom is 0.418 e. The average Bonchev–Trinajstić information content (AvgIpc) is 2.67. The number of carboxylic acid groups (broad SMARTS) is 1. The topological polar surface area (TPSA) is 78.8 Å². The van der Waals surface area contributed by atoms with Crippen molar-refractivity contribution < 1.29 is 32.9 Å². The van der Waals surface area contributed by atoms with Crippen LogP contribution in [-0.2, 0) is 12.7 Å². The van der Waals surface area contributed by atoms with Gasteiger partial charge in [-0.1, -0.05) is 30.3 Å². The second-order valence-electron chi connectivity index (χ2n) is 6.10. The van der Waals surface area contributed by atoms with Crippen LogP contribution in [-0.4, -0.2) is 16.2 Å². The van der Waals surface area contributed by atoms with E-state index in [2.05, 4.69) is 5.32 Å². The van der Waals surface area contributed by atoms with E-state index in [9.17, 15) is 28.2 Å². The van der Waals surface area contributed by atoms with Crippen molar-refractivity contribution in [3.05, 3.63) is 83.4 Å². The highest BCUT2D eigenvalue weighted by Gasteiger charge is 2.35. The number of carbonyl (C=O) groups is 1. The van der Waals surface area contributed by atoms with E-state index in [1.165, 1.54) is 48.5 Å². The van der Waals surface area contributed by atoms with E-state index in [-0.39, 0.29) is 35.0 Å². The first kappa shape index (κ1) is 20.1. The van der Waals surface area contributed by atoms with Gasteiger partial charge in [0.05, 0.1) is 11.3 Å². The van der Waals surface area contributed by atoms with Crippen molar-refractivity contribution in [3.63, 3.8) is 0 Å². The standard InChI is InChI=1S/C21H16F3NO4/c22-21(23,24)16-5-3-7-18(29-17-6-2-1-4-15(17)20(27)28)19(16)25-12-13-8-10-14(26)11-9-13/h1-11,25-26H,12H2,(H,27,28). The molecule has 0 aliphatic heterocycles. The van der Waals surface area contributed by atoms with E-state index in [1.54, 1.807) is 12.1 Å². The highest BCUT2D eigenvalue weighted by Crippen LogP contribution is 2.42. The molecule has 0 aromatic heterocycles. The number of alkyl halides is 3. The van der Waals surface area contributed by atoms with Gasteiger partial charge in [-0.3, -0.25) is 0 Å². The highest BCUT2D eigenvalue weighted by molar-refractivity contribution is 5.91. The van der Waals surface area contributed by atoms with E-state index in [0.717, 1.165) is 6.07 Å². The van der Waals surface area contributed by atoms with Crippen molar-refractivity contribution in [2.24, 2.45) is 0 Å². The Kier molecular flexibility index (Phi) is 5.63. The molecule has 3 aromatic rings. The van der Waals surface area contributed by atoms with Crippen LogP contribution in [0.1, 0.15) is 21.5 Å². The molecule has 150 valence electrons. The molecule has 0 fully saturated rings. The van der Waals surface area contributed by atoms with Gasteiger partial charge in [0.15, 0.2) is 5.75 Å². The zero-order chi connectivity index (χ0) is 21.0. The third-order valence-corrected chi connectivity index (χ3v) is 4.07. The molecule has 0 saturated heterocycles. The summed E-state index contributed by atoms with van der Waals surface area (Å²) in [6, 6.07) is 15.1. The van der Waals surface area contributed by atoms with Crippen molar-refractivity contribution in [1.82, 2.24) is 0 Å². The van der Waals surface area contributed by atoms with Gasteiger partial charge < -0.3 is 20.3 Å². The monoisotopic (exact) mass is 403 g/mol. The number of anilines is 1. The third kappa shape index (κ3) is 4.78. The summed E-state index contributed by atoms with van der Waals surface area (Å²) in [4.78, 5) is 11.4. The fraction of sp³-hybridized carbons (Fsp3) is 0.0952. The van der Waals surface area contributed by atoms with Gasteiger partial charge in [-0.25, -0.2) is 4.79 Å². The van der Waals surface area contributed by atoms with Crippen LogP contribution >= 0.6 is 0 Å². The minimum atomic E-state index is -4.65.